The van der Waals surface area contributed by atoms with Gasteiger partial charge >= 0.3 is 0 Å². The summed E-state index contributed by atoms with van der Waals surface area (Å²) in [6.45, 7) is 8.32. The average Bonchev–Trinajstić information content (AvgIpc) is 2.27. The van der Waals surface area contributed by atoms with E-state index in [1.165, 1.54) is 0 Å². The summed E-state index contributed by atoms with van der Waals surface area (Å²) in [5.41, 5.74) is 5.90. The molecule has 18 heavy (non-hydrogen) atoms. The average molecular weight is 256 g/mol. The van der Waals surface area contributed by atoms with Crippen molar-refractivity contribution in [3.8, 4) is 0 Å². The molecule has 0 aliphatic heterocycles. The number of hydrogen-bond acceptors (Lipinski definition) is 3. The molecule has 1 amide bonds. The van der Waals surface area contributed by atoms with Gasteiger partial charge in [-0.05, 0) is 31.1 Å². The molecule has 1 fully saturated rings. The zero-order valence-electron chi connectivity index (χ0n) is 11.9. The van der Waals surface area contributed by atoms with E-state index < -0.39 is 0 Å². The minimum atomic E-state index is 0.134. The van der Waals surface area contributed by atoms with Crippen LogP contribution < -0.4 is 11.1 Å². The topological polar surface area (TPSA) is 64.3 Å². The summed E-state index contributed by atoms with van der Waals surface area (Å²) in [6.07, 6.45) is 2.84. The molecule has 3 unspecified atom stereocenters. The highest BCUT2D eigenvalue weighted by Crippen LogP contribution is 2.28. The third-order valence-corrected chi connectivity index (χ3v) is 3.54. The molecule has 106 valence electrons. The van der Waals surface area contributed by atoms with Gasteiger partial charge in [0, 0.05) is 25.1 Å². The van der Waals surface area contributed by atoms with Gasteiger partial charge in [0.25, 0.3) is 0 Å². The minimum absolute atomic E-state index is 0.134. The van der Waals surface area contributed by atoms with Crippen LogP contribution in [0.2, 0.25) is 0 Å². The van der Waals surface area contributed by atoms with E-state index in [0.717, 1.165) is 25.9 Å². The first-order valence-electron chi connectivity index (χ1n) is 7.11. The van der Waals surface area contributed by atoms with Crippen LogP contribution in [0.4, 0.5) is 0 Å². The van der Waals surface area contributed by atoms with Crippen LogP contribution in [0, 0.1) is 17.8 Å². The number of carbonyl (C=O) groups excluding carboxylic acids is 1. The molecule has 0 heterocycles. The number of amides is 1. The molecule has 0 aromatic carbocycles. The van der Waals surface area contributed by atoms with Gasteiger partial charge in [-0.2, -0.15) is 0 Å². The summed E-state index contributed by atoms with van der Waals surface area (Å²) in [5, 5.41) is 2.97. The molecular weight excluding hydrogens is 228 g/mol. The molecule has 3 atom stereocenters. The van der Waals surface area contributed by atoms with Crippen LogP contribution in [-0.4, -0.2) is 31.7 Å². The Morgan fingerprint density at radius 1 is 1.44 bits per heavy atom. The maximum absolute atomic E-state index is 12.0. The van der Waals surface area contributed by atoms with Gasteiger partial charge in [-0.1, -0.05) is 20.8 Å². The summed E-state index contributed by atoms with van der Waals surface area (Å²) in [6, 6.07) is 0.276. The molecular formula is C14H28N2O2. The minimum Gasteiger partial charge on any atom is -0.379 e. The van der Waals surface area contributed by atoms with E-state index in [-0.39, 0.29) is 17.9 Å². The van der Waals surface area contributed by atoms with Crippen molar-refractivity contribution in [2.24, 2.45) is 23.5 Å². The number of nitrogens with one attached hydrogen (secondary N) is 1. The van der Waals surface area contributed by atoms with E-state index in [1.807, 2.05) is 0 Å². The van der Waals surface area contributed by atoms with E-state index in [2.05, 4.69) is 26.1 Å². The Labute approximate surface area is 111 Å². The Balaban J connectivity index is 2.16. The lowest BCUT2D eigenvalue weighted by molar-refractivity contribution is -0.127. The van der Waals surface area contributed by atoms with Crippen molar-refractivity contribution < 1.29 is 9.53 Å². The first-order chi connectivity index (χ1) is 8.50. The predicted molar refractivity (Wildman–Crippen MR) is 73.1 cm³/mol. The van der Waals surface area contributed by atoms with Crippen molar-refractivity contribution in [3.63, 3.8) is 0 Å². The molecule has 1 aliphatic carbocycles. The van der Waals surface area contributed by atoms with Gasteiger partial charge in [-0.3, -0.25) is 4.79 Å². The van der Waals surface area contributed by atoms with Crippen LogP contribution in [0.3, 0.4) is 0 Å². The number of rotatable bonds is 6. The number of carbonyl (C=O) groups is 1. The highest BCUT2D eigenvalue weighted by Gasteiger charge is 2.30. The Bertz CT molecular complexity index is 256. The zero-order chi connectivity index (χ0) is 13.5. The molecule has 0 radical (unpaired) electrons. The monoisotopic (exact) mass is 256 g/mol. The summed E-state index contributed by atoms with van der Waals surface area (Å²) in [7, 11) is 0. The Morgan fingerprint density at radius 2 is 2.17 bits per heavy atom. The van der Waals surface area contributed by atoms with Gasteiger partial charge in [0.05, 0.1) is 6.61 Å². The first-order valence-corrected chi connectivity index (χ1v) is 7.11. The van der Waals surface area contributed by atoms with Crippen molar-refractivity contribution in [3.05, 3.63) is 0 Å². The fourth-order valence-corrected chi connectivity index (χ4v) is 2.52. The highest BCUT2D eigenvalue weighted by atomic mass is 16.5. The van der Waals surface area contributed by atoms with Crippen molar-refractivity contribution in [2.45, 2.75) is 46.1 Å². The lowest BCUT2D eigenvalue weighted by Gasteiger charge is -2.31. The van der Waals surface area contributed by atoms with E-state index >= 15 is 0 Å². The lowest BCUT2D eigenvalue weighted by atomic mass is 9.78. The third-order valence-electron chi connectivity index (χ3n) is 3.54. The maximum atomic E-state index is 12.0. The molecule has 0 spiro atoms. The fourth-order valence-electron chi connectivity index (χ4n) is 2.52. The van der Waals surface area contributed by atoms with Crippen LogP contribution in [0.15, 0.2) is 0 Å². The second-order valence-electron chi connectivity index (χ2n) is 5.92. The number of hydrogen-bond donors (Lipinski definition) is 2. The molecule has 0 aromatic rings. The summed E-state index contributed by atoms with van der Waals surface area (Å²) >= 11 is 0. The summed E-state index contributed by atoms with van der Waals surface area (Å²) < 4.78 is 5.44. The van der Waals surface area contributed by atoms with E-state index in [9.17, 15) is 4.79 Å². The van der Waals surface area contributed by atoms with Crippen LogP contribution >= 0.6 is 0 Å². The fraction of sp³-hybridized carbons (Fsp3) is 0.929. The second-order valence-corrected chi connectivity index (χ2v) is 5.92. The van der Waals surface area contributed by atoms with Crippen molar-refractivity contribution in [2.75, 3.05) is 19.8 Å². The molecule has 0 saturated heterocycles. The quantitative estimate of drug-likeness (QED) is 0.709. The standard InChI is InChI=1S/C14H28N2O2/c1-10(2)9-18-7-6-16-14(17)13-5-4-12(15)8-11(13)3/h10-13H,4-9,15H2,1-3H3,(H,16,17). The van der Waals surface area contributed by atoms with Gasteiger partial charge in [-0.25, -0.2) is 0 Å². The van der Waals surface area contributed by atoms with E-state index in [1.54, 1.807) is 0 Å². The Kier molecular flexibility index (Phi) is 6.65. The number of nitrogens with two attached hydrogens (primary N) is 1. The molecule has 3 N–H and O–H groups in total. The molecule has 4 nitrogen and oxygen atoms in total. The van der Waals surface area contributed by atoms with Crippen molar-refractivity contribution in [1.29, 1.82) is 0 Å². The van der Waals surface area contributed by atoms with Crippen LogP contribution in [0.5, 0.6) is 0 Å². The lowest BCUT2D eigenvalue weighted by Crippen LogP contribution is -2.41. The summed E-state index contributed by atoms with van der Waals surface area (Å²) in [4.78, 5) is 12.0. The van der Waals surface area contributed by atoms with Crippen LogP contribution in [0.1, 0.15) is 40.0 Å². The van der Waals surface area contributed by atoms with Crippen molar-refractivity contribution >= 4 is 5.91 Å². The second kappa shape index (κ2) is 7.74. The molecule has 1 rings (SSSR count). The normalized spacial score (nSPS) is 28.4. The van der Waals surface area contributed by atoms with Gasteiger partial charge in [-0.15, -0.1) is 0 Å². The van der Waals surface area contributed by atoms with Crippen LogP contribution in [0.25, 0.3) is 0 Å². The SMILES string of the molecule is CC(C)COCCNC(=O)C1CCC(N)CC1C. The van der Waals surface area contributed by atoms with Gasteiger partial charge in [0.15, 0.2) is 0 Å². The Hall–Kier alpha value is -0.610. The van der Waals surface area contributed by atoms with Crippen molar-refractivity contribution in [1.82, 2.24) is 5.32 Å². The zero-order valence-corrected chi connectivity index (χ0v) is 11.9. The maximum Gasteiger partial charge on any atom is 0.223 e. The molecule has 0 bridgehead atoms. The highest BCUT2D eigenvalue weighted by molar-refractivity contribution is 5.79. The smallest absolute Gasteiger partial charge is 0.223 e. The molecule has 1 saturated carbocycles. The van der Waals surface area contributed by atoms with E-state index in [4.69, 9.17) is 10.5 Å². The summed E-state index contributed by atoms with van der Waals surface area (Å²) in [5.74, 6) is 1.24. The van der Waals surface area contributed by atoms with Crippen LogP contribution in [-0.2, 0) is 9.53 Å². The molecule has 0 aromatic heterocycles. The molecule has 1 aliphatic rings. The first kappa shape index (κ1) is 15.4. The Morgan fingerprint density at radius 3 is 2.78 bits per heavy atom. The number of ether oxygens (including phenoxy) is 1. The predicted octanol–water partition coefficient (Wildman–Crippen LogP) is 1.54. The van der Waals surface area contributed by atoms with Gasteiger partial charge < -0.3 is 15.8 Å². The third kappa shape index (κ3) is 5.36. The largest absolute Gasteiger partial charge is 0.379 e. The molecule has 4 heteroatoms. The van der Waals surface area contributed by atoms with Gasteiger partial charge in [0.2, 0.25) is 5.91 Å². The van der Waals surface area contributed by atoms with E-state index in [0.29, 0.717) is 25.0 Å². The van der Waals surface area contributed by atoms with Gasteiger partial charge in [0.1, 0.15) is 0 Å².